The van der Waals surface area contributed by atoms with Gasteiger partial charge in [0.05, 0.1) is 7.11 Å². The zero-order valence-electron chi connectivity index (χ0n) is 16.2. The smallest absolute Gasteiger partial charge is 0.118 e. The van der Waals surface area contributed by atoms with E-state index in [9.17, 15) is 0 Å². The number of methoxy groups -OCH3 is 1. The molecule has 0 radical (unpaired) electrons. The van der Waals surface area contributed by atoms with Gasteiger partial charge in [0.15, 0.2) is 0 Å². The normalized spacial score (nSPS) is 22.5. The fourth-order valence-electron chi connectivity index (χ4n) is 3.81. The van der Waals surface area contributed by atoms with Crippen molar-refractivity contribution in [1.29, 1.82) is 0 Å². The lowest BCUT2D eigenvalue weighted by atomic mass is 9.86. The maximum atomic E-state index is 5.30. The molecule has 1 aromatic rings. The summed E-state index contributed by atoms with van der Waals surface area (Å²) >= 11 is 0. The van der Waals surface area contributed by atoms with Crippen LogP contribution in [0, 0.1) is 11.8 Å². The predicted octanol–water partition coefficient (Wildman–Crippen LogP) is 5.77. The van der Waals surface area contributed by atoms with Crippen LogP contribution in [0.3, 0.4) is 0 Å². The number of nitrogens with one attached hydrogen (secondary N) is 1. The lowest BCUT2D eigenvalue weighted by Gasteiger charge is -2.28. The van der Waals surface area contributed by atoms with Crippen molar-refractivity contribution in [3.63, 3.8) is 0 Å². The van der Waals surface area contributed by atoms with E-state index < -0.39 is 0 Å². The molecule has 2 heteroatoms. The largest absolute Gasteiger partial charge is 0.497 e. The van der Waals surface area contributed by atoms with E-state index in [4.69, 9.17) is 4.74 Å². The summed E-state index contributed by atoms with van der Waals surface area (Å²) in [6.45, 7) is 8.19. The Hall–Kier alpha value is -1.02. The molecule has 1 fully saturated rings. The first kappa shape index (κ1) is 19.3. The molecule has 0 aromatic heterocycles. The second-order valence-electron chi connectivity index (χ2n) is 8.14. The van der Waals surface area contributed by atoms with Crippen molar-refractivity contribution < 1.29 is 4.74 Å². The molecule has 0 aliphatic heterocycles. The van der Waals surface area contributed by atoms with Crippen LogP contribution in [0.25, 0.3) is 0 Å². The highest BCUT2D eigenvalue weighted by molar-refractivity contribution is 5.29. The van der Waals surface area contributed by atoms with Crippen molar-refractivity contribution in [3.8, 4) is 5.75 Å². The molecule has 1 N–H and O–H groups in total. The highest BCUT2D eigenvalue weighted by Crippen LogP contribution is 2.29. The number of hydrogen-bond acceptors (Lipinski definition) is 2. The van der Waals surface area contributed by atoms with Crippen LogP contribution >= 0.6 is 0 Å². The Labute approximate surface area is 149 Å². The highest BCUT2D eigenvalue weighted by atomic mass is 16.5. The van der Waals surface area contributed by atoms with Crippen molar-refractivity contribution in [1.82, 2.24) is 5.32 Å². The molecule has 2 rings (SSSR count). The van der Waals surface area contributed by atoms with Gasteiger partial charge in [-0.3, -0.25) is 0 Å². The Balaban J connectivity index is 1.85. The first-order valence-corrected chi connectivity index (χ1v) is 9.95. The van der Waals surface area contributed by atoms with Gasteiger partial charge in [0.25, 0.3) is 0 Å². The molecule has 1 atom stereocenters. The fourth-order valence-corrected chi connectivity index (χ4v) is 3.81. The molecule has 1 aromatic carbocycles. The van der Waals surface area contributed by atoms with Gasteiger partial charge in [0.2, 0.25) is 0 Å². The van der Waals surface area contributed by atoms with Crippen molar-refractivity contribution in [2.75, 3.05) is 13.7 Å². The van der Waals surface area contributed by atoms with E-state index >= 15 is 0 Å². The molecule has 1 aliphatic carbocycles. The van der Waals surface area contributed by atoms with Gasteiger partial charge in [-0.25, -0.2) is 0 Å². The molecule has 2 nitrogen and oxygen atoms in total. The van der Waals surface area contributed by atoms with Crippen LogP contribution in [-0.4, -0.2) is 19.7 Å². The molecule has 0 amide bonds. The van der Waals surface area contributed by atoms with Gasteiger partial charge in [-0.05, 0) is 80.5 Å². The second kappa shape index (κ2) is 10.1. The number of rotatable bonds is 9. The number of ether oxygens (including phenoxy) is 1. The van der Waals surface area contributed by atoms with E-state index in [0.717, 1.165) is 30.2 Å². The van der Waals surface area contributed by atoms with Crippen molar-refractivity contribution >= 4 is 0 Å². The van der Waals surface area contributed by atoms with Crippen molar-refractivity contribution in [2.45, 2.75) is 77.7 Å². The fraction of sp³-hybridized carbons (Fsp3) is 0.727. The topological polar surface area (TPSA) is 21.3 Å². The maximum Gasteiger partial charge on any atom is 0.118 e. The number of hydrogen-bond donors (Lipinski definition) is 1. The minimum Gasteiger partial charge on any atom is -0.497 e. The van der Waals surface area contributed by atoms with Gasteiger partial charge in [-0.15, -0.1) is 0 Å². The maximum absolute atomic E-state index is 5.30. The Morgan fingerprint density at radius 3 is 2.25 bits per heavy atom. The van der Waals surface area contributed by atoms with Gasteiger partial charge >= 0.3 is 0 Å². The number of benzene rings is 1. The zero-order valence-corrected chi connectivity index (χ0v) is 16.2. The first-order valence-electron chi connectivity index (χ1n) is 9.95. The summed E-state index contributed by atoms with van der Waals surface area (Å²) in [7, 11) is 1.74. The molecule has 24 heavy (non-hydrogen) atoms. The Morgan fingerprint density at radius 1 is 1.00 bits per heavy atom. The average molecular weight is 332 g/mol. The third kappa shape index (κ3) is 6.47. The summed E-state index contributed by atoms with van der Waals surface area (Å²) in [5, 5.41) is 3.83. The third-order valence-electron chi connectivity index (χ3n) is 5.62. The van der Waals surface area contributed by atoms with Crippen LogP contribution in [0.1, 0.15) is 77.2 Å². The highest BCUT2D eigenvalue weighted by Gasteiger charge is 2.18. The SMILES string of the molecule is COc1ccc([C@@H](CCNC2CCC(C)CC2)CCC(C)C)cc1. The summed E-state index contributed by atoms with van der Waals surface area (Å²) < 4.78 is 5.30. The molecule has 136 valence electrons. The lowest BCUT2D eigenvalue weighted by Crippen LogP contribution is -2.33. The summed E-state index contributed by atoms with van der Waals surface area (Å²) in [6, 6.07) is 9.47. The van der Waals surface area contributed by atoms with E-state index in [1.165, 1.54) is 50.5 Å². The van der Waals surface area contributed by atoms with Gasteiger partial charge in [0, 0.05) is 6.04 Å². The first-order chi connectivity index (χ1) is 11.6. The second-order valence-corrected chi connectivity index (χ2v) is 8.14. The molecule has 0 spiro atoms. The van der Waals surface area contributed by atoms with Gasteiger partial charge in [-0.1, -0.05) is 39.3 Å². The van der Waals surface area contributed by atoms with E-state index in [1.807, 2.05) is 0 Å². The predicted molar refractivity (Wildman–Crippen MR) is 104 cm³/mol. The van der Waals surface area contributed by atoms with E-state index in [0.29, 0.717) is 5.92 Å². The average Bonchev–Trinajstić information content (AvgIpc) is 2.59. The van der Waals surface area contributed by atoms with E-state index in [2.05, 4.69) is 50.4 Å². The monoisotopic (exact) mass is 331 g/mol. The van der Waals surface area contributed by atoms with Crippen LogP contribution in [-0.2, 0) is 0 Å². The molecule has 0 heterocycles. The van der Waals surface area contributed by atoms with Crippen molar-refractivity contribution in [3.05, 3.63) is 29.8 Å². The van der Waals surface area contributed by atoms with Gasteiger partial charge in [-0.2, -0.15) is 0 Å². The Kier molecular flexibility index (Phi) is 8.11. The minimum absolute atomic E-state index is 0.660. The summed E-state index contributed by atoms with van der Waals surface area (Å²) in [5.74, 6) is 3.32. The standard InChI is InChI=1S/C22H37NO/c1-17(2)5-8-20(19-9-13-22(24-4)14-10-19)15-16-23-21-11-6-18(3)7-12-21/h9-10,13-14,17-18,20-21,23H,5-8,11-12,15-16H2,1-4H3/t18?,20-,21?/m1/s1. The molecule has 1 saturated carbocycles. The molecular formula is C22H37NO. The molecule has 0 unspecified atom stereocenters. The van der Waals surface area contributed by atoms with Crippen LogP contribution in [0.15, 0.2) is 24.3 Å². The van der Waals surface area contributed by atoms with Crippen LogP contribution in [0.4, 0.5) is 0 Å². The zero-order chi connectivity index (χ0) is 17.4. The minimum atomic E-state index is 0.660. The van der Waals surface area contributed by atoms with Gasteiger partial charge < -0.3 is 10.1 Å². The third-order valence-corrected chi connectivity index (χ3v) is 5.62. The summed E-state index contributed by atoms with van der Waals surface area (Å²) in [5.41, 5.74) is 1.47. The van der Waals surface area contributed by atoms with Crippen LogP contribution < -0.4 is 10.1 Å². The van der Waals surface area contributed by atoms with Crippen molar-refractivity contribution in [2.24, 2.45) is 11.8 Å². The van der Waals surface area contributed by atoms with Crippen LogP contribution in [0.2, 0.25) is 0 Å². The molecular weight excluding hydrogens is 294 g/mol. The van der Waals surface area contributed by atoms with E-state index in [-0.39, 0.29) is 0 Å². The Morgan fingerprint density at radius 2 is 1.67 bits per heavy atom. The van der Waals surface area contributed by atoms with Crippen LogP contribution in [0.5, 0.6) is 5.75 Å². The quantitative estimate of drug-likeness (QED) is 0.620. The van der Waals surface area contributed by atoms with Gasteiger partial charge in [0.1, 0.15) is 5.75 Å². The summed E-state index contributed by atoms with van der Waals surface area (Å²) in [4.78, 5) is 0. The van der Waals surface area contributed by atoms with E-state index in [1.54, 1.807) is 7.11 Å². The Bertz CT molecular complexity index is 446. The molecule has 0 saturated heterocycles. The molecule has 1 aliphatic rings. The molecule has 0 bridgehead atoms. The lowest BCUT2D eigenvalue weighted by molar-refractivity contribution is 0.304. The summed E-state index contributed by atoms with van der Waals surface area (Å²) in [6.07, 6.45) is 9.34.